The fraction of sp³-hybridized carbons (Fsp3) is 0.375. The molecule has 1 saturated heterocycles. The number of fused-ring (bicyclic) bond motifs is 1. The Labute approximate surface area is 147 Å². The van der Waals surface area contributed by atoms with E-state index in [-0.39, 0.29) is 24.4 Å². The molecule has 2 aliphatic rings. The van der Waals surface area contributed by atoms with Gasteiger partial charge < -0.3 is 9.80 Å². The quantitative estimate of drug-likeness (QED) is 0.841. The van der Waals surface area contributed by atoms with Gasteiger partial charge in [-0.15, -0.1) is 34.4 Å². The highest BCUT2D eigenvalue weighted by Crippen LogP contribution is 2.39. The van der Waals surface area contributed by atoms with Gasteiger partial charge in [-0.2, -0.15) is 0 Å². The van der Waals surface area contributed by atoms with Crippen molar-refractivity contribution in [1.29, 1.82) is 0 Å². The zero-order valence-electron chi connectivity index (χ0n) is 12.4. The molecule has 0 radical (unpaired) electrons. The van der Waals surface area contributed by atoms with Crippen LogP contribution < -0.4 is 0 Å². The van der Waals surface area contributed by atoms with Gasteiger partial charge in [0.2, 0.25) is 11.8 Å². The normalized spacial score (nSPS) is 20.9. The summed E-state index contributed by atoms with van der Waals surface area (Å²) in [6.07, 6.45) is 0.906. The minimum Gasteiger partial charge on any atom is -0.329 e. The molecule has 0 bridgehead atoms. The summed E-state index contributed by atoms with van der Waals surface area (Å²) in [5, 5.41) is 4.17. The fourth-order valence-electron chi connectivity index (χ4n) is 3.13. The van der Waals surface area contributed by atoms with Crippen LogP contribution >= 0.6 is 34.4 Å². The zero-order chi connectivity index (χ0) is 15.8. The summed E-state index contributed by atoms with van der Waals surface area (Å²) in [5.41, 5.74) is 1.25. The van der Waals surface area contributed by atoms with Crippen molar-refractivity contribution in [3.05, 3.63) is 44.3 Å². The van der Waals surface area contributed by atoms with E-state index in [1.165, 1.54) is 15.3 Å². The van der Waals surface area contributed by atoms with Gasteiger partial charge in [0.1, 0.15) is 6.54 Å². The third-order valence-electron chi connectivity index (χ3n) is 4.25. The second kappa shape index (κ2) is 6.30. The van der Waals surface area contributed by atoms with Gasteiger partial charge in [-0.1, -0.05) is 6.07 Å². The number of hydrogen-bond acceptors (Lipinski definition) is 5. The van der Waals surface area contributed by atoms with Crippen molar-refractivity contribution in [1.82, 2.24) is 9.80 Å². The summed E-state index contributed by atoms with van der Waals surface area (Å²) < 4.78 is 0. The molecule has 0 N–H and O–H groups in total. The van der Waals surface area contributed by atoms with Gasteiger partial charge in [-0.05, 0) is 34.9 Å². The third kappa shape index (κ3) is 2.81. The summed E-state index contributed by atoms with van der Waals surface area (Å²) in [6.45, 7) is 0.928. The van der Waals surface area contributed by atoms with Crippen molar-refractivity contribution in [3.8, 4) is 0 Å². The lowest BCUT2D eigenvalue weighted by atomic mass is 9.98. The van der Waals surface area contributed by atoms with Crippen molar-refractivity contribution in [2.24, 2.45) is 0 Å². The molecule has 1 unspecified atom stereocenters. The van der Waals surface area contributed by atoms with Gasteiger partial charge in [0.05, 0.1) is 17.7 Å². The molecule has 7 heteroatoms. The van der Waals surface area contributed by atoms with Crippen LogP contribution in [0.25, 0.3) is 0 Å². The molecule has 2 aromatic rings. The van der Waals surface area contributed by atoms with Crippen LogP contribution in [0.2, 0.25) is 0 Å². The first-order valence-electron chi connectivity index (χ1n) is 7.48. The molecule has 0 aromatic carbocycles. The highest BCUT2D eigenvalue weighted by atomic mass is 32.2. The first-order valence-corrected chi connectivity index (χ1v) is 10.4. The molecule has 23 heavy (non-hydrogen) atoms. The Balaban J connectivity index is 1.61. The summed E-state index contributed by atoms with van der Waals surface area (Å²) in [4.78, 5) is 30.9. The topological polar surface area (TPSA) is 40.6 Å². The van der Waals surface area contributed by atoms with Gasteiger partial charge in [-0.3, -0.25) is 9.59 Å². The molecule has 2 aromatic heterocycles. The standard InChI is InChI=1S/C16H16N2O2S3/c19-14(8-17-10-21-9-15(17)20)18-5-3-12-11(4-7-23-12)16(18)13-2-1-6-22-13/h1-2,4,6-7,16H,3,5,8-10H2. The average molecular weight is 365 g/mol. The maximum Gasteiger partial charge on any atom is 0.243 e. The zero-order valence-corrected chi connectivity index (χ0v) is 14.9. The lowest BCUT2D eigenvalue weighted by molar-refractivity contribution is -0.139. The van der Waals surface area contributed by atoms with E-state index in [0.717, 1.165) is 13.0 Å². The summed E-state index contributed by atoms with van der Waals surface area (Å²) >= 11 is 5.04. The monoisotopic (exact) mass is 364 g/mol. The van der Waals surface area contributed by atoms with Crippen LogP contribution in [0, 0.1) is 0 Å². The van der Waals surface area contributed by atoms with Crippen LogP contribution in [0.15, 0.2) is 29.0 Å². The van der Waals surface area contributed by atoms with E-state index in [1.807, 2.05) is 11.0 Å². The molecule has 1 atom stereocenters. The molecule has 4 nitrogen and oxygen atoms in total. The van der Waals surface area contributed by atoms with Gasteiger partial charge >= 0.3 is 0 Å². The summed E-state index contributed by atoms with van der Waals surface area (Å²) in [5.74, 6) is 1.25. The Bertz CT molecular complexity index is 726. The van der Waals surface area contributed by atoms with Crippen LogP contribution in [0.5, 0.6) is 0 Å². The number of thioether (sulfide) groups is 1. The van der Waals surface area contributed by atoms with Gasteiger partial charge in [0.25, 0.3) is 0 Å². The fourth-order valence-corrected chi connectivity index (χ4v) is 5.80. The minimum atomic E-state index is 0.00265. The van der Waals surface area contributed by atoms with Crippen molar-refractivity contribution < 1.29 is 9.59 Å². The first-order chi connectivity index (χ1) is 11.2. The number of amides is 2. The first kappa shape index (κ1) is 15.2. The average Bonchev–Trinajstić information content (AvgIpc) is 3.28. The molecule has 0 spiro atoms. The maximum absolute atomic E-state index is 12.9. The molecule has 0 saturated carbocycles. The van der Waals surface area contributed by atoms with Crippen molar-refractivity contribution in [2.45, 2.75) is 12.5 Å². The highest BCUT2D eigenvalue weighted by molar-refractivity contribution is 8.00. The van der Waals surface area contributed by atoms with Crippen molar-refractivity contribution in [2.75, 3.05) is 24.7 Å². The number of carbonyl (C=O) groups is 2. The number of carbonyl (C=O) groups excluding carboxylic acids is 2. The predicted molar refractivity (Wildman–Crippen MR) is 94.9 cm³/mol. The second-order valence-corrected chi connectivity index (χ2v) is 8.56. The van der Waals surface area contributed by atoms with E-state index in [1.54, 1.807) is 39.3 Å². The lowest BCUT2D eigenvalue weighted by Crippen LogP contribution is -2.45. The van der Waals surface area contributed by atoms with Crippen LogP contribution in [0.1, 0.15) is 21.4 Å². The number of rotatable bonds is 3. The molecule has 1 fully saturated rings. The van der Waals surface area contributed by atoms with E-state index in [4.69, 9.17) is 0 Å². The van der Waals surface area contributed by atoms with Crippen LogP contribution in [-0.4, -0.2) is 46.3 Å². The SMILES string of the molecule is O=C1CSCN1CC(=O)N1CCc2sccc2C1c1cccs1. The van der Waals surface area contributed by atoms with E-state index in [9.17, 15) is 9.59 Å². The summed E-state index contributed by atoms with van der Waals surface area (Å²) in [6, 6.07) is 6.27. The number of hydrogen-bond donors (Lipinski definition) is 0. The second-order valence-electron chi connectivity index (χ2n) is 5.62. The Morgan fingerprint density at radius 3 is 2.91 bits per heavy atom. The van der Waals surface area contributed by atoms with Gasteiger partial charge in [-0.25, -0.2) is 0 Å². The Morgan fingerprint density at radius 1 is 1.26 bits per heavy atom. The molecule has 120 valence electrons. The smallest absolute Gasteiger partial charge is 0.243 e. The number of nitrogens with zero attached hydrogens (tertiary/aromatic N) is 2. The third-order valence-corrected chi connectivity index (χ3v) is 7.12. The molecular weight excluding hydrogens is 348 g/mol. The van der Waals surface area contributed by atoms with E-state index in [0.29, 0.717) is 11.6 Å². The molecular formula is C16H16N2O2S3. The molecule has 0 aliphatic carbocycles. The highest BCUT2D eigenvalue weighted by Gasteiger charge is 2.35. The van der Waals surface area contributed by atoms with Gasteiger partial charge in [0, 0.05) is 16.3 Å². The molecule has 2 aliphatic heterocycles. The Morgan fingerprint density at radius 2 is 2.17 bits per heavy atom. The lowest BCUT2D eigenvalue weighted by Gasteiger charge is -2.36. The predicted octanol–water partition coefficient (Wildman–Crippen LogP) is 2.82. The van der Waals surface area contributed by atoms with E-state index in [2.05, 4.69) is 22.9 Å². The Kier molecular flexibility index (Phi) is 4.17. The Hall–Kier alpha value is -1.31. The largest absolute Gasteiger partial charge is 0.329 e. The summed E-state index contributed by atoms with van der Waals surface area (Å²) in [7, 11) is 0. The molecule has 2 amide bonds. The van der Waals surface area contributed by atoms with Crippen LogP contribution in [0.4, 0.5) is 0 Å². The number of thiophene rings is 2. The van der Waals surface area contributed by atoms with Crippen molar-refractivity contribution >= 4 is 46.2 Å². The van der Waals surface area contributed by atoms with E-state index >= 15 is 0 Å². The van der Waals surface area contributed by atoms with Gasteiger partial charge in [0.15, 0.2) is 0 Å². The van der Waals surface area contributed by atoms with Crippen molar-refractivity contribution in [3.63, 3.8) is 0 Å². The van der Waals surface area contributed by atoms with Crippen LogP contribution in [-0.2, 0) is 16.0 Å². The van der Waals surface area contributed by atoms with Crippen LogP contribution in [0.3, 0.4) is 0 Å². The molecule has 4 heterocycles. The maximum atomic E-state index is 12.9. The minimum absolute atomic E-state index is 0.00265. The van der Waals surface area contributed by atoms with E-state index < -0.39 is 0 Å². The molecule has 4 rings (SSSR count).